The molecule has 4 nitrogen and oxygen atoms in total. The molecule has 0 radical (unpaired) electrons. The van der Waals surface area contributed by atoms with Crippen LogP contribution >= 0.6 is 11.3 Å². The van der Waals surface area contributed by atoms with Crippen molar-refractivity contribution in [2.45, 2.75) is 38.8 Å². The number of hydrogen-bond acceptors (Lipinski definition) is 4. The summed E-state index contributed by atoms with van der Waals surface area (Å²) in [7, 11) is 4.14. The standard InChI is InChI=1S/C21H28N2O2S/c1-16-11-14-26-20(16)21(24)23(18-7-8-18)15-17-5-9-19(10-6-17)25-13-4-12-22(2)3/h5-6,9-11,14,18H,4,7-8,12-13,15H2,1-3H3. The Hall–Kier alpha value is -1.85. The minimum absolute atomic E-state index is 0.170. The fraction of sp³-hybridized carbons (Fsp3) is 0.476. The maximum absolute atomic E-state index is 12.9. The van der Waals surface area contributed by atoms with Gasteiger partial charge in [-0.25, -0.2) is 0 Å². The summed E-state index contributed by atoms with van der Waals surface area (Å²) < 4.78 is 5.79. The molecule has 1 fully saturated rings. The Morgan fingerprint density at radius 2 is 1.92 bits per heavy atom. The number of thiophene rings is 1. The van der Waals surface area contributed by atoms with Gasteiger partial charge < -0.3 is 14.5 Å². The van der Waals surface area contributed by atoms with Crippen molar-refractivity contribution >= 4 is 17.2 Å². The molecule has 0 aliphatic heterocycles. The third-order valence-corrected chi connectivity index (χ3v) is 5.60. The van der Waals surface area contributed by atoms with Crippen molar-refractivity contribution in [1.29, 1.82) is 0 Å². The van der Waals surface area contributed by atoms with Gasteiger partial charge in [0, 0.05) is 19.1 Å². The maximum atomic E-state index is 12.9. The number of carbonyl (C=O) groups excluding carboxylic acids is 1. The molecule has 1 aromatic carbocycles. The minimum atomic E-state index is 0.170. The number of benzene rings is 1. The summed E-state index contributed by atoms with van der Waals surface area (Å²) in [4.78, 5) is 18.0. The van der Waals surface area contributed by atoms with Crippen molar-refractivity contribution in [2.24, 2.45) is 0 Å². The van der Waals surface area contributed by atoms with E-state index in [-0.39, 0.29) is 5.91 Å². The van der Waals surface area contributed by atoms with Crippen LogP contribution in [0.5, 0.6) is 5.75 Å². The molecule has 5 heteroatoms. The number of aryl methyl sites for hydroxylation is 1. The average Bonchev–Trinajstić information content (AvgIpc) is 3.37. The highest BCUT2D eigenvalue weighted by atomic mass is 32.1. The number of carbonyl (C=O) groups is 1. The van der Waals surface area contributed by atoms with Crippen LogP contribution in [0.2, 0.25) is 0 Å². The van der Waals surface area contributed by atoms with Crippen molar-refractivity contribution < 1.29 is 9.53 Å². The van der Waals surface area contributed by atoms with Crippen LogP contribution in [0.25, 0.3) is 0 Å². The number of rotatable bonds is 9. The first kappa shape index (κ1) is 18.9. The van der Waals surface area contributed by atoms with Gasteiger partial charge in [-0.1, -0.05) is 12.1 Å². The Morgan fingerprint density at radius 3 is 2.50 bits per heavy atom. The zero-order chi connectivity index (χ0) is 18.5. The van der Waals surface area contributed by atoms with Crippen LogP contribution in [-0.4, -0.2) is 49.0 Å². The molecule has 1 saturated carbocycles. The van der Waals surface area contributed by atoms with Crippen LogP contribution in [-0.2, 0) is 6.54 Å². The van der Waals surface area contributed by atoms with Gasteiger partial charge in [-0.3, -0.25) is 4.79 Å². The van der Waals surface area contributed by atoms with E-state index in [0.717, 1.165) is 54.2 Å². The highest BCUT2D eigenvalue weighted by molar-refractivity contribution is 7.12. The van der Waals surface area contributed by atoms with E-state index in [2.05, 4.69) is 31.1 Å². The lowest BCUT2D eigenvalue weighted by molar-refractivity contribution is 0.0734. The third-order valence-electron chi connectivity index (χ3n) is 4.60. The van der Waals surface area contributed by atoms with E-state index in [4.69, 9.17) is 4.74 Å². The van der Waals surface area contributed by atoms with Crippen molar-refractivity contribution in [3.05, 3.63) is 51.7 Å². The Balaban J connectivity index is 1.58. The van der Waals surface area contributed by atoms with Crippen molar-refractivity contribution in [3.8, 4) is 5.75 Å². The second-order valence-corrected chi connectivity index (χ2v) is 8.16. The normalized spacial score (nSPS) is 13.8. The molecular weight excluding hydrogens is 344 g/mol. The summed E-state index contributed by atoms with van der Waals surface area (Å²) in [5.74, 6) is 1.06. The zero-order valence-corrected chi connectivity index (χ0v) is 16.7. The van der Waals surface area contributed by atoms with E-state index in [0.29, 0.717) is 12.6 Å². The fourth-order valence-corrected chi connectivity index (χ4v) is 3.81. The van der Waals surface area contributed by atoms with E-state index < -0.39 is 0 Å². The van der Waals surface area contributed by atoms with Crippen LogP contribution in [0.4, 0.5) is 0 Å². The second-order valence-electron chi connectivity index (χ2n) is 7.25. The monoisotopic (exact) mass is 372 g/mol. The average molecular weight is 373 g/mol. The van der Waals surface area contributed by atoms with Gasteiger partial charge in [0.2, 0.25) is 0 Å². The Kier molecular flexibility index (Phi) is 6.33. The number of ether oxygens (including phenoxy) is 1. The molecule has 1 heterocycles. The lowest BCUT2D eigenvalue weighted by Gasteiger charge is -2.22. The summed E-state index contributed by atoms with van der Waals surface area (Å²) in [6, 6.07) is 10.6. The van der Waals surface area contributed by atoms with Crippen molar-refractivity contribution in [1.82, 2.24) is 9.80 Å². The Morgan fingerprint density at radius 1 is 1.19 bits per heavy atom. The number of amides is 1. The first-order chi connectivity index (χ1) is 12.5. The molecule has 2 aromatic rings. The van der Waals surface area contributed by atoms with Gasteiger partial charge in [-0.2, -0.15) is 0 Å². The van der Waals surface area contributed by atoms with E-state index in [1.54, 1.807) is 11.3 Å². The first-order valence-corrected chi connectivity index (χ1v) is 10.1. The largest absolute Gasteiger partial charge is 0.494 e. The molecule has 0 unspecified atom stereocenters. The summed E-state index contributed by atoms with van der Waals surface area (Å²) >= 11 is 1.54. The van der Waals surface area contributed by atoms with Crippen molar-refractivity contribution in [2.75, 3.05) is 27.2 Å². The van der Waals surface area contributed by atoms with Crippen LogP contribution in [0.1, 0.15) is 40.1 Å². The Bertz CT molecular complexity index is 720. The minimum Gasteiger partial charge on any atom is -0.494 e. The molecule has 1 aliphatic carbocycles. The maximum Gasteiger partial charge on any atom is 0.264 e. The highest BCUT2D eigenvalue weighted by Gasteiger charge is 2.33. The van der Waals surface area contributed by atoms with Gasteiger partial charge in [-0.15, -0.1) is 11.3 Å². The predicted octanol–water partition coefficient (Wildman–Crippen LogP) is 4.19. The SMILES string of the molecule is Cc1ccsc1C(=O)N(Cc1ccc(OCCCN(C)C)cc1)C1CC1. The molecule has 3 rings (SSSR count). The van der Waals surface area contributed by atoms with Crippen LogP contribution in [0, 0.1) is 6.92 Å². The van der Waals surface area contributed by atoms with Crippen molar-refractivity contribution in [3.63, 3.8) is 0 Å². The topological polar surface area (TPSA) is 32.8 Å². The van der Waals surface area contributed by atoms with E-state index in [1.807, 2.05) is 35.4 Å². The molecule has 1 aromatic heterocycles. The third kappa shape index (κ3) is 5.08. The van der Waals surface area contributed by atoms with Crippen LogP contribution in [0.15, 0.2) is 35.7 Å². The van der Waals surface area contributed by atoms with Gasteiger partial charge in [-0.05, 0) is 75.0 Å². The zero-order valence-electron chi connectivity index (χ0n) is 15.9. The highest BCUT2D eigenvalue weighted by Crippen LogP contribution is 2.31. The molecule has 0 spiro atoms. The summed E-state index contributed by atoms with van der Waals surface area (Å²) in [5, 5.41) is 2.00. The van der Waals surface area contributed by atoms with Gasteiger partial charge in [0.25, 0.3) is 5.91 Å². The quantitative estimate of drug-likeness (QED) is 0.619. The van der Waals surface area contributed by atoms with Crippen LogP contribution in [0.3, 0.4) is 0 Å². The Labute approximate surface area is 160 Å². The summed E-state index contributed by atoms with van der Waals surface area (Å²) in [6.07, 6.45) is 3.24. The smallest absolute Gasteiger partial charge is 0.264 e. The molecule has 1 amide bonds. The number of nitrogens with zero attached hydrogens (tertiary/aromatic N) is 2. The molecule has 0 saturated heterocycles. The molecule has 0 atom stereocenters. The fourth-order valence-electron chi connectivity index (χ4n) is 2.93. The molecule has 0 N–H and O–H groups in total. The molecule has 26 heavy (non-hydrogen) atoms. The lowest BCUT2D eigenvalue weighted by atomic mass is 10.2. The second kappa shape index (κ2) is 8.69. The number of hydrogen-bond donors (Lipinski definition) is 0. The molecule has 1 aliphatic rings. The molecular formula is C21H28N2O2S. The van der Waals surface area contributed by atoms with Gasteiger partial charge in [0.05, 0.1) is 11.5 Å². The molecule has 140 valence electrons. The van der Waals surface area contributed by atoms with E-state index >= 15 is 0 Å². The predicted molar refractivity (Wildman–Crippen MR) is 107 cm³/mol. The van der Waals surface area contributed by atoms with E-state index in [1.165, 1.54) is 0 Å². The molecule has 0 bridgehead atoms. The summed E-state index contributed by atoms with van der Waals surface area (Å²) in [5.41, 5.74) is 2.23. The van der Waals surface area contributed by atoms with E-state index in [9.17, 15) is 4.79 Å². The lowest BCUT2D eigenvalue weighted by Crippen LogP contribution is -2.32. The van der Waals surface area contributed by atoms with Gasteiger partial charge >= 0.3 is 0 Å². The summed E-state index contributed by atoms with van der Waals surface area (Å²) in [6.45, 7) is 4.43. The van der Waals surface area contributed by atoms with Gasteiger partial charge in [0.15, 0.2) is 0 Å². The van der Waals surface area contributed by atoms with Crippen LogP contribution < -0.4 is 4.74 Å². The van der Waals surface area contributed by atoms with Gasteiger partial charge in [0.1, 0.15) is 5.75 Å². The first-order valence-electron chi connectivity index (χ1n) is 9.26.